The minimum Gasteiger partial charge on any atom is -0.383 e. The van der Waals surface area contributed by atoms with Crippen molar-refractivity contribution in [2.75, 3.05) is 27.3 Å². The summed E-state index contributed by atoms with van der Waals surface area (Å²) in [7, 11) is 3.29. The van der Waals surface area contributed by atoms with E-state index in [0.717, 1.165) is 5.56 Å². The first kappa shape index (κ1) is 17.6. The van der Waals surface area contributed by atoms with Crippen molar-refractivity contribution < 1.29 is 14.3 Å². The van der Waals surface area contributed by atoms with Gasteiger partial charge in [0, 0.05) is 39.0 Å². The third kappa shape index (κ3) is 4.89. The summed E-state index contributed by atoms with van der Waals surface area (Å²) in [4.78, 5) is 30.2. The zero-order valence-electron chi connectivity index (χ0n) is 13.9. The van der Waals surface area contributed by atoms with Crippen LogP contribution in [0.15, 0.2) is 48.7 Å². The Bertz CT molecular complexity index is 689. The molecule has 2 aromatic rings. The fourth-order valence-electron chi connectivity index (χ4n) is 2.19. The molecule has 1 aromatic carbocycles. The Labute approximate surface area is 141 Å². The maximum atomic E-state index is 12.5. The van der Waals surface area contributed by atoms with Gasteiger partial charge in [-0.3, -0.25) is 14.6 Å². The number of hydrogen-bond donors (Lipinski definition) is 1. The number of carbonyl (C=O) groups excluding carboxylic acids is 2. The standard InChI is InChI=1S/C18H21N3O3/c1-21(13-14-6-4-3-5-7-14)18(23)15-8-9-19-16(12-15)17(22)20-10-11-24-2/h3-9,12H,10-11,13H2,1-2H3,(H,20,22). The molecule has 1 aromatic heterocycles. The van der Waals surface area contributed by atoms with Gasteiger partial charge in [-0.25, -0.2) is 0 Å². The number of ether oxygens (including phenoxy) is 1. The molecule has 0 unspecified atom stereocenters. The Balaban J connectivity index is 2.04. The van der Waals surface area contributed by atoms with Crippen LogP contribution in [-0.2, 0) is 11.3 Å². The average Bonchev–Trinajstić information content (AvgIpc) is 2.62. The third-order valence-corrected chi connectivity index (χ3v) is 3.44. The van der Waals surface area contributed by atoms with Gasteiger partial charge in [0.25, 0.3) is 11.8 Å². The first-order valence-corrected chi connectivity index (χ1v) is 7.64. The van der Waals surface area contributed by atoms with E-state index in [9.17, 15) is 9.59 Å². The van der Waals surface area contributed by atoms with E-state index in [2.05, 4.69) is 10.3 Å². The van der Waals surface area contributed by atoms with E-state index < -0.39 is 0 Å². The summed E-state index contributed by atoms with van der Waals surface area (Å²) in [5, 5.41) is 2.68. The molecule has 24 heavy (non-hydrogen) atoms. The van der Waals surface area contributed by atoms with Crippen LogP contribution >= 0.6 is 0 Å². The van der Waals surface area contributed by atoms with E-state index in [1.54, 1.807) is 25.1 Å². The van der Waals surface area contributed by atoms with E-state index in [0.29, 0.717) is 25.3 Å². The summed E-state index contributed by atoms with van der Waals surface area (Å²) in [6.45, 7) is 1.31. The quantitative estimate of drug-likeness (QED) is 0.786. The molecular weight excluding hydrogens is 306 g/mol. The van der Waals surface area contributed by atoms with Crippen molar-refractivity contribution in [3.8, 4) is 0 Å². The maximum absolute atomic E-state index is 12.5. The Hall–Kier alpha value is -2.73. The van der Waals surface area contributed by atoms with Crippen molar-refractivity contribution in [3.05, 3.63) is 65.5 Å². The number of nitrogens with one attached hydrogen (secondary N) is 1. The zero-order valence-corrected chi connectivity index (χ0v) is 13.9. The largest absolute Gasteiger partial charge is 0.383 e. The minimum absolute atomic E-state index is 0.160. The molecule has 6 nitrogen and oxygen atoms in total. The summed E-state index contributed by atoms with van der Waals surface area (Å²) in [5.41, 5.74) is 1.69. The van der Waals surface area contributed by atoms with Gasteiger partial charge in [0.2, 0.25) is 0 Å². The third-order valence-electron chi connectivity index (χ3n) is 3.44. The Morgan fingerprint density at radius 2 is 1.96 bits per heavy atom. The van der Waals surface area contributed by atoms with Gasteiger partial charge in [-0.2, -0.15) is 0 Å². The number of carbonyl (C=O) groups is 2. The molecule has 0 atom stereocenters. The lowest BCUT2D eigenvalue weighted by Crippen LogP contribution is -2.29. The van der Waals surface area contributed by atoms with Gasteiger partial charge < -0.3 is 15.0 Å². The fraction of sp³-hybridized carbons (Fsp3) is 0.278. The van der Waals surface area contributed by atoms with Crippen LogP contribution in [0.3, 0.4) is 0 Å². The van der Waals surface area contributed by atoms with Gasteiger partial charge in [-0.15, -0.1) is 0 Å². The number of methoxy groups -OCH3 is 1. The van der Waals surface area contributed by atoms with Crippen molar-refractivity contribution in [2.24, 2.45) is 0 Å². The summed E-state index contributed by atoms with van der Waals surface area (Å²) in [5.74, 6) is -0.486. The van der Waals surface area contributed by atoms with Crippen LogP contribution in [0.1, 0.15) is 26.4 Å². The molecule has 0 fully saturated rings. The van der Waals surface area contributed by atoms with Crippen molar-refractivity contribution >= 4 is 11.8 Å². The molecule has 2 amide bonds. The lowest BCUT2D eigenvalue weighted by atomic mass is 10.1. The highest BCUT2D eigenvalue weighted by Gasteiger charge is 2.15. The second-order valence-corrected chi connectivity index (χ2v) is 5.33. The number of rotatable bonds is 7. The van der Waals surface area contributed by atoms with Gasteiger partial charge in [-0.1, -0.05) is 30.3 Å². The molecular formula is C18H21N3O3. The topological polar surface area (TPSA) is 71.5 Å². The molecule has 2 rings (SSSR count). The van der Waals surface area contributed by atoms with E-state index in [1.165, 1.54) is 12.3 Å². The van der Waals surface area contributed by atoms with Crippen LogP contribution in [-0.4, -0.2) is 49.0 Å². The number of amides is 2. The van der Waals surface area contributed by atoms with Gasteiger partial charge in [0.1, 0.15) is 5.69 Å². The Morgan fingerprint density at radius 3 is 2.67 bits per heavy atom. The monoisotopic (exact) mass is 327 g/mol. The van der Waals surface area contributed by atoms with Crippen LogP contribution in [0, 0.1) is 0 Å². The second-order valence-electron chi connectivity index (χ2n) is 5.33. The van der Waals surface area contributed by atoms with Crippen LogP contribution in [0.2, 0.25) is 0 Å². The summed E-state index contributed by atoms with van der Waals surface area (Å²) >= 11 is 0. The summed E-state index contributed by atoms with van der Waals surface area (Å²) in [6.07, 6.45) is 1.47. The number of aromatic nitrogens is 1. The van der Waals surface area contributed by atoms with Crippen LogP contribution in [0.5, 0.6) is 0 Å². The van der Waals surface area contributed by atoms with Crippen molar-refractivity contribution in [1.82, 2.24) is 15.2 Å². The molecule has 0 aliphatic carbocycles. The molecule has 0 radical (unpaired) electrons. The Morgan fingerprint density at radius 1 is 1.21 bits per heavy atom. The SMILES string of the molecule is COCCNC(=O)c1cc(C(=O)N(C)Cc2ccccc2)ccn1. The average molecular weight is 327 g/mol. The molecule has 0 aliphatic heterocycles. The second kappa shape index (κ2) is 8.79. The highest BCUT2D eigenvalue weighted by Crippen LogP contribution is 2.09. The first-order valence-electron chi connectivity index (χ1n) is 7.64. The highest BCUT2D eigenvalue weighted by molar-refractivity contribution is 5.98. The van der Waals surface area contributed by atoms with Crippen molar-refractivity contribution in [3.63, 3.8) is 0 Å². The number of benzene rings is 1. The molecule has 0 bridgehead atoms. The summed E-state index contributed by atoms with van der Waals surface area (Å²) < 4.78 is 4.88. The van der Waals surface area contributed by atoms with E-state index in [4.69, 9.17) is 4.74 Å². The van der Waals surface area contributed by atoms with Gasteiger partial charge in [-0.05, 0) is 17.7 Å². The molecule has 1 heterocycles. The van der Waals surface area contributed by atoms with E-state index >= 15 is 0 Å². The molecule has 6 heteroatoms. The van der Waals surface area contributed by atoms with Crippen molar-refractivity contribution in [1.29, 1.82) is 0 Å². The maximum Gasteiger partial charge on any atom is 0.269 e. The van der Waals surface area contributed by atoms with Crippen LogP contribution in [0.25, 0.3) is 0 Å². The minimum atomic E-state index is -0.326. The predicted octanol–water partition coefficient (Wildman–Crippen LogP) is 1.73. The molecule has 0 spiro atoms. The number of pyridine rings is 1. The molecule has 0 aliphatic rings. The normalized spacial score (nSPS) is 10.2. The Kier molecular flexibility index (Phi) is 6.45. The molecule has 126 valence electrons. The number of nitrogens with zero attached hydrogens (tertiary/aromatic N) is 2. The zero-order chi connectivity index (χ0) is 17.4. The van der Waals surface area contributed by atoms with Crippen molar-refractivity contribution in [2.45, 2.75) is 6.54 Å². The number of hydrogen-bond acceptors (Lipinski definition) is 4. The molecule has 0 saturated carbocycles. The lowest BCUT2D eigenvalue weighted by Gasteiger charge is -2.17. The first-order chi connectivity index (χ1) is 11.6. The van der Waals surface area contributed by atoms with Crippen LogP contribution in [0.4, 0.5) is 0 Å². The summed E-state index contributed by atoms with van der Waals surface area (Å²) in [6, 6.07) is 12.8. The molecule has 1 N–H and O–H groups in total. The van der Waals surface area contributed by atoms with Gasteiger partial charge in [0.15, 0.2) is 0 Å². The van der Waals surface area contributed by atoms with Crippen LogP contribution < -0.4 is 5.32 Å². The van der Waals surface area contributed by atoms with E-state index in [1.807, 2.05) is 30.3 Å². The van der Waals surface area contributed by atoms with Gasteiger partial charge in [0.05, 0.1) is 6.61 Å². The fourth-order valence-corrected chi connectivity index (χ4v) is 2.19. The lowest BCUT2D eigenvalue weighted by molar-refractivity contribution is 0.0785. The van der Waals surface area contributed by atoms with E-state index in [-0.39, 0.29) is 17.5 Å². The highest BCUT2D eigenvalue weighted by atomic mass is 16.5. The molecule has 0 saturated heterocycles. The predicted molar refractivity (Wildman–Crippen MR) is 90.7 cm³/mol. The van der Waals surface area contributed by atoms with Gasteiger partial charge >= 0.3 is 0 Å². The smallest absolute Gasteiger partial charge is 0.269 e.